The zero-order valence-electron chi connectivity index (χ0n) is 12.8. The second-order valence-corrected chi connectivity index (χ2v) is 6.16. The highest BCUT2D eigenvalue weighted by molar-refractivity contribution is 5.25. The maximum absolute atomic E-state index is 10.0. The van der Waals surface area contributed by atoms with Gasteiger partial charge in [0, 0.05) is 5.92 Å². The summed E-state index contributed by atoms with van der Waals surface area (Å²) in [6.45, 7) is -0.854. The van der Waals surface area contributed by atoms with Gasteiger partial charge in [-0.25, -0.2) is 0 Å². The first-order valence-electron chi connectivity index (χ1n) is 7.75. The molecule has 2 heterocycles. The lowest BCUT2D eigenvalue weighted by Gasteiger charge is -2.42. The summed E-state index contributed by atoms with van der Waals surface area (Å²) in [5.41, 5.74) is 0.534. The Morgan fingerprint density at radius 1 is 1.00 bits per heavy atom. The largest absolute Gasteiger partial charge is 0.472 e. The van der Waals surface area contributed by atoms with E-state index in [0.29, 0.717) is 5.57 Å². The molecule has 9 atom stereocenters. The first-order chi connectivity index (χ1) is 11.5. The lowest BCUT2D eigenvalue weighted by molar-refractivity contribution is -0.339. The van der Waals surface area contributed by atoms with Crippen LogP contribution < -0.4 is 0 Å². The number of aliphatic hydroxyl groups is 6. The fourth-order valence-electron chi connectivity index (χ4n) is 3.38. The van der Waals surface area contributed by atoms with Crippen LogP contribution in [-0.2, 0) is 14.2 Å². The molecule has 0 spiro atoms. The van der Waals surface area contributed by atoms with Crippen molar-refractivity contribution in [1.29, 1.82) is 0 Å². The Morgan fingerprint density at radius 2 is 1.75 bits per heavy atom. The minimum atomic E-state index is -1.56. The van der Waals surface area contributed by atoms with Crippen molar-refractivity contribution in [3.05, 3.63) is 24.0 Å². The molecule has 3 rings (SSSR count). The van der Waals surface area contributed by atoms with Crippen LogP contribution in [0, 0.1) is 11.8 Å². The van der Waals surface area contributed by atoms with E-state index in [2.05, 4.69) is 0 Å². The van der Waals surface area contributed by atoms with Crippen molar-refractivity contribution in [2.45, 2.75) is 43.1 Å². The highest BCUT2D eigenvalue weighted by Crippen LogP contribution is 2.40. The third-order valence-corrected chi connectivity index (χ3v) is 4.73. The SMILES string of the molecule is OCC1=C[C@H](O)[C@H]2C=CO[C@@H](O[C@@H]3O[C@H](CO)[C@@H](O)[C@H](O)[C@H]3O)[C@@H]12. The maximum atomic E-state index is 10.0. The molecule has 0 saturated carbocycles. The summed E-state index contributed by atoms with van der Waals surface area (Å²) >= 11 is 0. The van der Waals surface area contributed by atoms with Crippen molar-refractivity contribution in [3.8, 4) is 0 Å². The molecule has 9 nitrogen and oxygen atoms in total. The molecule has 24 heavy (non-hydrogen) atoms. The Morgan fingerprint density at radius 3 is 2.42 bits per heavy atom. The van der Waals surface area contributed by atoms with Crippen LogP contribution >= 0.6 is 0 Å². The topological polar surface area (TPSA) is 149 Å². The number of ether oxygens (including phenoxy) is 3. The number of aliphatic hydroxyl groups excluding tert-OH is 6. The molecular weight excluding hydrogens is 324 g/mol. The molecule has 0 unspecified atom stereocenters. The first kappa shape index (κ1) is 17.8. The third-order valence-electron chi connectivity index (χ3n) is 4.73. The minimum absolute atomic E-state index is 0.288. The molecular formula is C15H22O9. The highest BCUT2D eigenvalue weighted by Gasteiger charge is 2.49. The zero-order valence-corrected chi connectivity index (χ0v) is 12.8. The molecule has 0 radical (unpaired) electrons. The van der Waals surface area contributed by atoms with Gasteiger partial charge < -0.3 is 44.8 Å². The molecule has 1 fully saturated rings. The molecule has 0 bridgehead atoms. The van der Waals surface area contributed by atoms with E-state index < -0.39 is 55.6 Å². The summed E-state index contributed by atoms with van der Waals surface area (Å²) in [5, 5.41) is 58.3. The van der Waals surface area contributed by atoms with Gasteiger partial charge in [0.05, 0.1) is 31.5 Å². The van der Waals surface area contributed by atoms with Crippen molar-refractivity contribution >= 4 is 0 Å². The lowest BCUT2D eigenvalue weighted by atomic mass is 9.88. The maximum Gasteiger partial charge on any atom is 0.209 e. The average Bonchev–Trinajstić information content (AvgIpc) is 2.92. The van der Waals surface area contributed by atoms with E-state index in [-0.39, 0.29) is 12.5 Å². The lowest BCUT2D eigenvalue weighted by Crippen LogP contribution is -2.60. The Balaban J connectivity index is 1.75. The molecule has 0 amide bonds. The molecule has 1 saturated heterocycles. The molecule has 6 N–H and O–H groups in total. The summed E-state index contributed by atoms with van der Waals surface area (Å²) in [6.07, 6.45) is -4.27. The number of rotatable bonds is 4. The van der Waals surface area contributed by atoms with Gasteiger partial charge in [-0.15, -0.1) is 0 Å². The Bertz CT molecular complexity index is 505. The first-order valence-corrected chi connectivity index (χ1v) is 7.75. The predicted molar refractivity (Wildman–Crippen MR) is 77.0 cm³/mol. The summed E-state index contributed by atoms with van der Waals surface area (Å²) < 4.78 is 16.3. The van der Waals surface area contributed by atoms with Gasteiger partial charge in [-0.1, -0.05) is 6.08 Å². The predicted octanol–water partition coefficient (Wildman–Crippen LogP) is -2.80. The number of hydrogen-bond donors (Lipinski definition) is 6. The van der Waals surface area contributed by atoms with E-state index in [0.717, 1.165) is 0 Å². The standard InChI is InChI=1S/C15H22O9/c16-4-6-3-8(18)7-1-2-22-14(10(6)7)24-15-13(21)12(20)11(19)9(5-17)23-15/h1-3,7-21H,4-5H2/t7-,8+,9-,10+,11-,12+,13-,14+,15+/m1/s1. The molecule has 0 aromatic carbocycles. The van der Waals surface area contributed by atoms with Crippen LogP contribution in [0.15, 0.2) is 24.0 Å². The van der Waals surface area contributed by atoms with Crippen molar-refractivity contribution < 1.29 is 44.8 Å². The normalized spacial score (nSPS) is 47.9. The van der Waals surface area contributed by atoms with Crippen molar-refractivity contribution in [3.63, 3.8) is 0 Å². The van der Waals surface area contributed by atoms with Gasteiger partial charge in [0.15, 0.2) is 6.29 Å². The van der Waals surface area contributed by atoms with E-state index in [1.54, 1.807) is 6.08 Å². The molecule has 1 aliphatic carbocycles. The van der Waals surface area contributed by atoms with E-state index in [1.165, 1.54) is 12.3 Å². The summed E-state index contributed by atoms with van der Waals surface area (Å²) in [4.78, 5) is 0. The van der Waals surface area contributed by atoms with Gasteiger partial charge in [0.1, 0.15) is 24.4 Å². The van der Waals surface area contributed by atoms with Gasteiger partial charge in [0.25, 0.3) is 0 Å². The summed E-state index contributed by atoms with van der Waals surface area (Å²) in [6, 6.07) is 0. The molecule has 3 aliphatic rings. The van der Waals surface area contributed by atoms with Crippen molar-refractivity contribution in [2.75, 3.05) is 13.2 Å². The van der Waals surface area contributed by atoms with Gasteiger partial charge >= 0.3 is 0 Å². The molecule has 2 aliphatic heterocycles. The Kier molecular flexibility index (Phi) is 5.23. The number of hydrogen-bond acceptors (Lipinski definition) is 9. The highest BCUT2D eigenvalue weighted by atomic mass is 16.8. The summed E-state index contributed by atoms with van der Waals surface area (Å²) in [7, 11) is 0. The number of fused-ring (bicyclic) bond motifs is 1. The van der Waals surface area contributed by atoms with Crippen LogP contribution in [0.4, 0.5) is 0 Å². The summed E-state index contributed by atoms with van der Waals surface area (Å²) in [5.74, 6) is -0.835. The van der Waals surface area contributed by atoms with Crippen molar-refractivity contribution in [1.82, 2.24) is 0 Å². The van der Waals surface area contributed by atoms with E-state index in [9.17, 15) is 30.6 Å². The van der Waals surface area contributed by atoms with Crippen LogP contribution in [0.2, 0.25) is 0 Å². The fraction of sp³-hybridized carbons (Fsp3) is 0.733. The van der Waals surface area contributed by atoms with Crippen LogP contribution in [0.1, 0.15) is 0 Å². The van der Waals surface area contributed by atoms with Crippen LogP contribution in [0.3, 0.4) is 0 Å². The zero-order chi connectivity index (χ0) is 17.4. The fourth-order valence-corrected chi connectivity index (χ4v) is 3.38. The third kappa shape index (κ3) is 2.98. The molecule has 136 valence electrons. The minimum Gasteiger partial charge on any atom is -0.472 e. The Hall–Kier alpha value is -1.04. The van der Waals surface area contributed by atoms with Gasteiger partial charge in [-0.05, 0) is 11.6 Å². The monoisotopic (exact) mass is 346 g/mol. The van der Waals surface area contributed by atoms with Gasteiger partial charge in [-0.2, -0.15) is 0 Å². The molecule has 0 aromatic rings. The van der Waals surface area contributed by atoms with Crippen LogP contribution in [-0.4, -0.2) is 87.0 Å². The van der Waals surface area contributed by atoms with Crippen LogP contribution in [0.5, 0.6) is 0 Å². The van der Waals surface area contributed by atoms with Crippen molar-refractivity contribution in [2.24, 2.45) is 11.8 Å². The Labute approximate surface area is 138 Å². The average molecular weight is 346 g/mol. The second-order valence-electron chi connectivity index (χ2n) is 6.16. The quantitative estimate of drug-likeness (QED) is 0.297. The molecule has 0 aromatic heterocycles. The smallest absolute Gasteiger partial charge is 0.209 e. The van der Waals surface area contributed by atoms with E-state index >= 15 is 0 Å². The van der Waals surface area contributed by atoms with Gasteiger partial charge in [-0.3, -0.25) is 0 Å². The molecule has 9 heteroatoms. The van der Waals surface area contributed by atoms with E-state index in [4.69, 9.17) is 14.2 Å². The second kappa shape index (κ2) is 7.06. The van der Waals surface area contributed by atoms with Crippen LogP contribution in [0.25, 0.3) is 0 Å². The van der Waals surface area contributed by atoms with E-state index in [1.807, 2.05) is 0 Å². The van der Waals surface area contributed by atoms with Gasteiger partial charge in [0.2, 0.25) is 6.29 Å².